The van der Waals surface area contributed by atoms with Crippen molar-refractivity contribution in [3.8, 4) is 0 Å². The lowest BCUT2D eigenvalue weighted by Gasteiger charge is -2.23. The smallest absolute Gasteiger partial charge is 0.408 e. The second-order valence-corrected chi connectivity index (χ2v) is 14.3. The molecule has 0 bridgehead atoms. The van der Waals surface area contributed by atoms with E-state index in [0.717, 1.165) is 11.1 Å². The fraction of sp³-hybridized carbons (Fsp3) is 0.500. The second-order valence-electron chi connectivity index (χ2n) is 11.8. The Morgan fingerprint density at radius 2 is 0.955 bits per heavy atom. The third kappa shape index (κ3) is 16.5. The van der Waals surface area contributed by atoms with Crippen molar-refractivity contribution in [2.75, 3.05) is 24.7 Å². The van der Waals surface area contributed by atoms with Crippen molar-refractivity contribution in [1.82, 2.24) is 10.6 Å². The predicted octanol–water partition coefficient (Wildman–Crippen LogP) is 5.73. The number of ether oxygens (including phenoxy) is 4. The molecule has 0 radical (unpaired) electrons. The quantitative estimate of drug-likeness (QED) is 0.107. The van der Waals surface area contributed by atoms with Crippen LogP contribution in [0.1, 0.15) is 52.7 Å². The van der Waals surface area contributed by atoms with Gasteiger partial charge in [0, 0.05) is 24.3 Å². The monoisotopic (exact) mass is 648 g/mol. The summed E-state index contributed by atoms with van der Waals surface area (Å²) < 4.78 is 21.6. The maximum atomic E-state index is 12.9. The summed E-state index contributed by atoms with van der Waals surface area (Å²) >= 11 is 0. The van der Waals surface area contributed by atoms with Crippen LogP contribution >= 0.6 is 21.6 Å². The number of carbonyl (C=O) groups excluding carboxylic acids is 4. The van der Waals surface area contributed by atoms with E-state index in [9.17, 15) is 19.2 Å². The fourth-order valence-corrected chi connectivity index (χ4v) is 5.80. The van der Waals surface area contributed by atoms with Crippen molar-refractivity contribution in [1.29, 1.82) is 0 Å². The van der Waals surface area contributed by atoms with Gasteiger partial charge in [0.15, 0.2) is 0 Å². The molecule has 2 atom stereocenters. The zero-order valence-electron chi connectivity index (χ0n) is 26.3. The van der Waals surface area contributed by atoms with E-state index in [1.165, 1.54) is 21.6 Å². The molecule has 44 heavy (non-hydrogen) atoms. The molecule has 2 aromatic carbocycles. The lowest BCUT2D eigenvalue weighted by Crippen LogP contribution is -2.46. The van der Waals surface area contributed by atoms with Crippen LogP contribution in [0.25, 0.3) is 0 Å². The summed E-state index contributed by atoms with van der Waals surface area (Å²) in [4.78, 5) is 50.8. The third-order valence-corrected chi connectivity index (χ3v) is 7.88. The molecule has 0 heterocycles. The lowest BCUT2D eigenvalue weighted by atomic mass is 10.2. The number of carbonyl (C=O) groups is 4. The van der Waals surface area contributed by atoms with Crippen molar-refractivity contribution in [2.24, 2.45) is 0 Å². The summed E-state index contributed by atoms with van der Waals surface area (Å²) in [5, 5.41) is 5.17. The maximum Gasteiger partial charge on any atom is 0.408 e. The normalized spacial score (nSPS) is 12.8. The molecule has 0 aliphatic heterocycles. The summed E-state index contributed by atoms with van der Waals surface area (Å²) in [7, 11) is 2.46. The molecule has 12 heteroatoms. The summed E-state index contributed by atoms with van der Waals surface area (Å²) in [6.07, 6.45) is -0.449. The maximum absolute atomic E-state index is 12.9. The van der Waals surface area contributed by atoms with Gasteiger partial charge >= 0.3 is 24.1 Å². The summed E-state index contributed by atoms with van der Waals surface area (Å²) in [5.41, 5.74) is 0.520. The topological polar surface area (TPSA) is 129 Å². The first-order chi connectivity index (χ1) is 20.7. The molecule has 0 saturated carbocycles. The molecule has 10 nitrogen and oxygen atoms in total. The van der Waals surface area contributed by atoms with Gasteiger partial charge in [-0.3, -0.25) is 0 Å². The molecule has 0 unspecified atom stereocenters. The highest BCUT2D eigenvalue weighted by molar-refractivity contribution is 8.76. The second kappa shape index (κ2) is 18.4. The van der Waals surface area contributed by atoms with Gasteiger partial charge in [-0.1, -0.05) is 82.3 Å². The number of hydrogen-bond donors (Lipinski definition) is 2. The molecule has 2 N–H and O–H groups in total. The van der Waals surface area contributed by atoms with Crippen LogP contribution in [0.3, 0.4) is 0 Å². The Morgan fingerprint density at radius 3 is 1.27 bits per heavy atom. The Labute approximate surface area is 268 Å². The standard InChI is InChI=1S/C32H44N2O8S2/c1-31(2,3)41-29(37)33-25(27(35)39-19-17-23-13-9-7-10-14-23)21-43-44-22-26(34-30(38)42-32(4,5)6)28(36)40-20-18-24-15-11-8-12-16-24/h7-16,25-26H,17-22H2,1-6H3,(H,33,37)(H,34,38)/t25-,26-/m0/s1. The van der Waals surface area contributed by atoms with Crippen LogP contribution < -0.4 is 10.6 Å². The first kappa shape index (κ1) is 36.8. The molecule has 0 saturated heterocycles. The SMILES string of the molecule is CC(C)(C)OC(=O)N[C@@H](CSSC[C@H](NC(=O)OC(C)(C)C)C(=O)OCCc1ccccc1)C(=O)OCCc1ccccc1. The van der Waals surface area contributed by atoms with E-state index < -0.39 is 47.4 Å². The van der Waals surface area contributed by atoms with Crippen molar-refractivity contribution >= 4 is 45.7 Å². The number of nitrogens with one attached hydrogen (secondary N) is 2. The Hall–Kier alpha value is -3.38. The Balaban J connectivity index is 1.97. The van der Waals surface area contributed by atoms with E-state index in [0.29, 0.717) is 12.8 Å². The molecule has 0 aliphatic carbocycles. The first-order valence-corrected chi connectivity index (χ1v) is 16.9. The summed E-state index contributed by atoms with van der Waals surface area (Å²) in [6.45, 7) is 10.6. The van der Waals surface area contributed by atoms with E-state index in [1.54, 1.807) is 41.5 Å². The van der Waals surface area contributed by atoms with E-state index in [4.69, 9.17) is 18.9 Å². The zero-order chi connectivity index (χ0) is 32.6. The van der Waals surface area contributed by atoms with Gasteiger partial charge in [0.1, 0.15) is 23.3 Å². The zero-order valence-corrected chi connectivity index (χ0v) is 27.9. The number of amides is 2. The van der Waals surface area contributed by atoms with Gasteiger partial charge in [-0.2, -0.15) is 0 Å². The molecule has 2 aromatic rings. The highest BCUT2D eigenvalue weighted by Crippen LogP contribution is 2.24. The van der Waals surface area contributed by atoms with E-state index in [1.807, 2.05) is 60.7 Å². The van der Waals surface area contributed by atoms with Gasteiger partial charge in [-0.15, -0.1) is 0 Å². The third-order valence-electron chi connectivity index (χ3n) is 5.46. The minimum atomic E-state index is -1.01. The van der Waals surface area contributed by atoms with E-state index in [-0.39, 0.29) is 24.7 Å². The molecule has 2 amide bonds. The van der Waals surface area contributed by atoms with E-state index in [2.05, 4.69) is 10.6 Å². The minimum absolute atomic E-state index is 0.121. The van der Waals surface area contributed by atoms with Crippen molar-refractivity contribution in [3.05, 3.63) is 71.8 Å². The van der Waals surface area contributed by atoms with Crippen LogP contribution in [-0.4, -0.2) is 72.1 Å². The van der Waals surface area contributed by atoms with Crippen LogP contribution in [0.4, 0.5) is 9.59 Å². The van der Waals surface area contributed by atoms with Crippen LogP contribution in [0, 0.1) is 0 Å². The van der Waals surface area contributed by atoms with Gasteiger partial charge in [-0.05, 0) is 52.7 Å². The van der Waals surface area contributed by atoms with Gasteiger partial charge in [0.05, 0.1) is 13.2 Å². The average molecular weight is 649 g/mol. The number of benzene rings is 2. The predicted molar refractivity (Wildman–Crippen MR) is 173 cm³/mol. The average Bonchev–Trinajstić information content (AvgIpc) is 2.93. The molecule has 242 valence electrons. The molecule has 0 aromatic heterocycles. The molecular weight excluding hydrogens is 604 g/mol. The largest absolute Gasteiger partial charge is 0.464 e. The van der Waals surface area contributed by atoms with Gasteiger partial charge < -0.3 is 29.6 Å². The van der Waals surface area contributed by atoms with Crippen LogP contribution in [0.15, 0.2) is 60.7 Å². The molecular formula is C32H44N2O8S2. The molecule has 0 aliphatic rings. The van der Waals surface area contributed by atoms with Crippen molar-refractivity contribution in [2.45, 2.75) is 77.7 Å². The number of alkyl carbamates (subject to hydrolysis) is 2. The molecule has 2 rings (SSSR count). The highest BCUT2D eigenvalue weighted by Gasteiger charge is 2.28. The fourth-order valence-electron chi connectivity index (χ4n) is 3.50. The van der Waals surface area contributed by atoms with Crippen LogP contribution in [0.2, 0.25) is 0 Å². The first-order valence-electron chi connectivity index (χ1n) is 14.4. The number of hydrogen-bond acceptors (Lipinski definition) is 10. The van der Waals surface area contributed by atoms with Gasteiger partial charge in [0.2, 0.25) is 0 Å². The lowest BCUT2D eigenvalue weighted by molar-refractivity contribution is -0.146. The Morgan fingerprint density at radius 1 is 0.614 bits per heavy atom. The summed E-state index contributed by atoms with van der Waals surface area (Å²) in [5.74, 6) is -0.973. The van der Waals surface area contributed by atoms with Gasteiger partial charge in [-0.25, -0.2) is 19.2 Å². The summed E-state index contributed by atoms with van der Waals surface area (Å²) in [6, 6.07) is 17.2. The van der Waals surface area contributed by atoms with Crippen LogP contribution in [0.5, 0.6) is 0 Å². The minimum Gasteiger partial charge on any atom is -0.464 e. The van der Waals surface area contributed by atoms with E-state index >= 15 is 0 Å². The number of rotatable bonds is 15. The number of esters is 2. The molecule has 0 fully saturated rings. The van der Waals surface area contributed by atoms with Crippen molar-refractivity contribution in [3.63, 3.8) is 0 Å². The highest BCUT2D eigenvalue weighted by atomic mass is 33.1. The molecule has 0 spiro atoms. The Kier molecular flexibility index (Phi) is 15.4. The van der Waals surface area contributed by atoms with Crippen molar-refractivity contribution < 1.29 is 38.1 Å². The Bertz CT molecular complexity index is 1090. The van der Waals surface area contributed by atoms with Crippen LogP contribution in [-0.2, 0) is 41.4 Å². The van der Waals surface area contributed by atoms with Gasteiger partial charge in [0.25, 0.3) is 0 Å².